The molecule has 28 heavy (non-hydrogen) atoms. The lowest BCUT2D eigenvalue weighted by Gasteiger charge is -2.18. The Bertz CT molecular complexity index is 1040. The van der Waals surface area contributed by atoms with E-state index in [1.54, 1.807) is 45.0 Å². The van der Waals surface area contributed by atoms with Gasteiger partial charge in [-0.1, -0.05) is 35.1 Å². The molecule has 0 radical (unpaired) electrons. The normalized spacial score (nSPS) is 11.3. The van der Waals surface area contributed by atoms with E-state index in [-0.39, 0.29) is 5.91 Å². The zero-order valence-electron chi connectivity index (χ0n) is 15.9. The molecule has 0 fully saturated rings. The lowest BCUT2D eigenvalue weighted by atomic mass is 10.1. The van der Waals surface area contributed by atoms with E-state index in [1.165, 1.54) is 11.3 Å². The van der Waals surface area contributed by atoms with E-state index < -0.39 is 11.7 Å². The fourth-order valence-electron chi connectivity index (χ4n) is 2.49. The van der Waals surface area contributed by atoms with Gasteiger partial charge in [0.25, 0.3) is 5.91 Å². The number of anilines is 2. The Morgan fingerprint density at radius 3 is 2.57 bits per heavy atom. The Kier molecular flexibility index (Phi) is 5.58. The van der Waals surface area contributed by atoms with Crippen molar-refractivity contribution < 1.29 is 14.3 Å². The number of nitrogens with zero attached hydrogens (tertiary/aromatic N) is 1. The van der Waals surface area contributed by atoms with Crippen LogP contribution in [0.4, 0.5) is 15.6 Å². The number of fused-ring (bicyclic) bond motifs is 1. The van der Waals surface area contributed by atoms with E-state index in [0.717, 1.165) is 10.3 Å². The fraction of sp³-hybridized carbons (Fsp3) is 0.250. The molecule has 2 N–H and O–H groups in total. The van der Waals surface area contributed by atoms with Crippen molar-refractivity contribution in [2.45, 2.75) is 33.3 Å². The molecular formula is C20H20ClN3O3S. The van der Waals surface area contributed by atoms with Gasteiger partial charge in [0, 0.05) is 5.56 Å². The molecule has 0 atom stereocenters. The summed E-state index contributed by atoms with van der Waals surface area (Å²) < 4.78 is 6.00. The molecule has 0 unspecified atom stereocenters. The largest absolute Gasteiger partial charge is 0.444 e. The van der Waals surface area contributed by atoms with Gasteiger partial charge in [0.1, 0.15) is 5.60 Å². The summed E-state index contributed by atoms with van der Waals surface area (Å²) in [5, 5.41) is 6.36. The number of ether oxygens (including phenoxy) is 1. The summed E-state index contributed by atoms with van der Waals surface area (Å²) in [6.07, 6.45) is -0.571. The first kappa shape index (κ1) is 20.1. The summed E-state index contributed by atoms with van der Waals surface area (Å²) in [7, 11) is 0. The number of carbonyl (C=O) groups is 2. The van der Waals surface area contributed by atoms with Crippen LogP contribution in [0, 0.1) is 6.92 Å². The van der Waals surface area contributed by atoms with Crippen LogP contribution in [-0.2, 0) is 4.74 Å². The van der Waals surface area contributed by atoms with Crippen molar-refractivity contribution in [2.24, 2.45) is 0 Å². The van der Waals surface area contributed by atoms with E-state index in [9.17, 15) is 9.59 Å². The number of hydrogen-bond donors (Lipinski definition) is 2. The summed E-state index contributed by atoms with van der Waals surface area (Å²) in [6.45, 7) is 7.24. The molecule has 0 spiro atoms. The number of aromatic nitrogens is 1. The van der Waals surface area contributed by atoms with Crippen LogP contribution in [-0.4, -0.2) is 22.6 Å². The third kappa shape index (κ3) is 4.79. The molecule has 0 saturated carbocycles. The second-order valence-electron chi connectivity index (χ2n) is 7.21. The lowest BCUT2D eigenvalue weighted by Crippen LogP contribution is -2.27. The summed E-state index contributed by atoms with van der Waals surface area (Å²) in [5.74, 6) is -0.270. The average Bonchev–Trinajstić information content (AvgIpc) is 2.97. The maximum absolute atomic E-state index is 12.6. The minimum absolute atomic E-state index is 0.270. The second-order valence-corrected chi connectivity index (χ2v) is 8.65. The van der Waals surface area contributed by atoms with Gasteiger partial charge >= 0.3 is 6.09 Å². The van der Waals surface area contributed by atoms with Crippen LogP contribution >= 0.6 is 22.9 Å². The second kappa shape index (κ2) is 7.77. The van der Waals surface area contributed by atoms with Gasteiger partial charge in [-0.25, -0.2) is 9.78 Å². The maximum atomic E-state index is 12.6. The van der Waals surface area contributed by atoms with Crippen LogP contribution in [0.2, 0.25) is 5.02 Å². The standard InChI is InChI=1S/C20H20ClN3O3S/c1-11-6-5-7-13(21)16(11)23-17(25)12-8-9-14-15(10-12)28-18(22-14)24-19(26)27-20(2,3)4/h5-10H,1-4H3,(H,23,25)(H,22,24,26). The smallest absolute Gasteiger partial charge is 0.413 e. The zero-order chi connectivity index (χ0) is 20.5. The first-order valence-electron chi connectivity index (χ1n) is 8.59. The Balaban J connectivity index is 1.79. The average molecular weight is 418 g/mol. The molecule has 0 bridgehead atoms. The Morgan fingerprint density at radius 1 is 1.14 bits per heavy atom. The van der Waals surface area contributed by atoms with E-state index in [2.05, 4.69) is 15.6 Å². The first-order valence-corrected chi connectivity index (χ1v) is 9.79. The fourth-order valence-corrected chi connectivity index (χ4v) is 3.65. The molecule has 0 aliphatic heterocycles. The molecule has 1 heterocycles. The van der Waals surface area contributed by atoms with Crippen molar-refractivity contribution in [3.8, 4) is 0 Å². The zero-order valence-corrected chi connectivity index (χ0v) is 17.5. The van der Waals surface area contributed by atoms with Gasteiger partial charge in [-0.15, -0.1) is 0 Å². The molecule has 3 aromatic rings. The highest BCUT2D eigenvalue weighted by Gasteiger charge is 2.18. The van der Waals surface area contributed by atoms with Crippen molar-refractivity contribution in [3.05, 3.63) is 52.5 Å². The molecule has 1 aromatic heterocycles. The predicted octanol–water partition coefficient (Wildman–Crippen LogP) is 5.86. The van der Waals surface area contributed by atoms with Gasteiger partial charge in [0.2, 0.25) is 0 Å². The summed E-state index contributed by atoms with van der Waals surface area (Å²) in [5.41, 5.74) is 2.03. The minimum atomic E-state index is -0.594. The van der Waals surface area contributed by atoms with Gasteiger partial charge in [-0.2, -0.15) is 0 Å². The Labute approximate surface area is 171 Å². The quantitative estimate of drug-likeness (QED) is 0.559. The first-order chi connectivity index (χ1) is 13.1. The van der Waals surface area contributed by atoms with Crippen LogP contribution < -0.4 is 10.6 Å². The maximum Gasteiger partial charge on any atom is 0.413 e. The monoisotopic (exact) mass is 417 g/mol. The van der Waals surface area contributed by atoms with Crippen LogP contribution in [0.5, 0.6) is 0 Å². The van der Waals surface area contributed by atoms with Gasteiger partial charge in [0.05, 0.1) is 20.9 Å². The predicted molar refractivity (Wildman–Crippen MR) is 114 cm³/mol. The molecule has 0 aliphatic rings. The van der Waals surface area contributed by atoms with Crippen molar-refractivity contribution in [3.63, 3.8) is 0 Å². The number of hydrogen-bond acceptors (Lipinski definition) is 5. The van der Waals surface area contributed by atoms with Crippen molar-refractivity contribution >= 4 is 56.0 Å². The summed E-state index contributed by atoms with van der Waals surface area (Å²) in [4.78, 5) is 28.9. The van der Waals surface area contributed by atoms with Crippen LogP contribution in [0.15, 0.2) is 36.4 Å². The van der Waals surface area contributed by atoms with Gasteiger partial charge in [0.15, 0.2) is 5.13 Å². The molecular weight excluding hydrogens is 398 g/mol. The van der Waals surface area contributed by atoms with E-state index in [1.807, 2.05) is 19.1 Å². The summed E-state index contributed by atoms with van der Waals surface area (Å²) in [6, 6.07) is 10.6. The highest BCUT2D eigenvalue weighted by Crippen LogP contribution is 2.29. The number of rotatable bonds is 3. The molecule has 2 aromatic carbocycles. The van der Waals surface area contributed by atoms with Gasteiger partial charge in [-0.3, -0.25) is 10.1 Å². The van der Waals surface area contributed by atoms with Crippen molar-refractivity contribution in [1.29, 1.82) is 0 Å². The number of benzene rings is 2. The number of nitrogens with one attached hydrogen (secondary N) is 2. The Morgan fingerprint density at radius 2 is 1.89 bits per heavy atom. The van der Waals surface area contributed by atoms with Gasteiger partial charge < -0.3 is 10.1 Å². The van der Waals surface area contributed by atoms with Crippen LogP contribution in [0.1, 0.15) is 36.7 Å². The summed E-state index contributed by atoms with van der Waals surface area (Å²) >= 11 is 7.45. The Hall–Kier alpha value is -2.64. The molecule has 0 saturated heterocycles. The van der Waals surface area contributed by atoms with E-state index in [4.69, 9.17) is 16.3 Å². The molecule has 0 aliphatic carbocycles. The van der Waals surface area contributed by atoms with Crippen molar-refractivity contribution in [1.82, 2.24) is 4.98 Å². The third-order valence-corrected chi connectivity index (χ3v) is 4.97. The third-order valence-electron chi connectivity index (χ3n) is 3.72. The molecule has 146 valence electrons. The SMILES string of the molecule is Cc1cccc(Cl)c1NC(=O)c1ccc2nc(NC(=O)OC(C)(C)C)sc2c1. The molecule has 3 rings (SSSR count). The van der Waals surface area contributed by atoms with Gasteiger partial charge in [-0.05, 0) is 57.5 Å². The number of thiazole rings is 1. The van der Waals surface area contributed by atoms with E-state index in [0.29, 0.717) is 26.9 Å². The highest BCUT2D eigenvalue weighted by molar-refractivity contribution is 7.22. The van der Waals surface area contributed by atoms with Crippen LogP contribution in [0.3, 0.4) is 0 Å². The number of para-hydroxylation sites is 1. The number of aryl methyl sites for hydroxylation is 1. The molecule has 2 amide bonds. The van der Waals surface area contributed by atoms with Crippen molar-refractivity contribution in [2.75, 3.05) is 10.6 Å². The minimum Gasteiger partial charge on any atom is -0.444 e. The number of amides is 2. The molecule has 6 nitrogen and oxygen atoms in total. The number of halogens is 1. The number of carbonyl (C=O) groups excluding carboxylic acids is 2. The lowest BCUT2D eigenvalue weighted by molar-refractivity contribution is 0.0635. The topological polar surface area (TPSA) is 80.3 Å². The highest BCUT2D eigenvalue weighted by atomic mass is 35.5. The molecule has 8 heteroatoms. The van der Waals surface area contributed by atoms with Crippen LogP contribution in [0.25, 0.3) is 10.2 Å². The van der Waals surface area contributed by atoms with E-state index >= 15 is 0 Å².